The fourth-order valence-corrected chi connectivity index (χ4v) is 4.46. The number of anilines is 3. The minimum atomic E-state index is 0.562. The number of pyridine rings is 2. The molecule has 0 aliphatic carbocycles. The van der Waals surface area contributed by atoms with E-state index in [1.54, 1.807) is 12.5 Å². The van der Waals surface area contributed by atoms with Gasteiger partial charge in [-0.2, -0.15) is 0 Å². The number of nitrogens with one attached hydrogen (secondary N) is 2. The van der Waals surface area contributed by atoms with Crippen LogP contribution in [0.4, 0.5) is 17.5 Å². The highest BCUT2D eigenvalue weighted by atomic mass is 15.1. The van der Waals surface area contributed by atoms with Crippen molar-refractivity contribution in [1.29, 1.82) is 0 Å². The molecule has 176 valence electrons. The highest BCUT2D eigenvalue weighted by Gasteiger charge is 2.11. The van der Waals surface area contributed by atoms with Gasteiger partial charge in [0.2, 0.25) is 0 Å². The SMILES string of the molecule is Cc1cc2cc(CNc3cc(NCc4c(C)cc5c(N)nccc5c4C)ncn3)cnc2cc1C. The van der Waals surface area contributed by atoms with Crippen LogP contribution in [-0.4, -0.2) is 19.9 Å². The van der Waals surface area contributed by atoms with Crippen molar-refractivity contribution in [3.8, 4) is 0 Å². The van der Waals surface area contributed by atoms with E-state index in [9.17, 15) is 0 Å². The molecule has 0 aliphatic heterocycles. The van der Waals surface area contributed by atoms with Crippen LogP contribution in [0, 0.1) is 27.7 Å². The zero-order chi connectivity index (χ0) is 24.5. The molecule has 3 aromatic heterocycles. The molecule has 0 aliphatic rings. The maximum Gasteiger partial charge on any atom is 0.131 e. The lowest BCUT2D eigenvalue weighted by Gasteiger charge is -2.15. The number of fused-ring (bicyclic) bond motifs is 2. The van der Waals surface area contributed by atoms with Gasteiger partial charge in [0.1, 0.15) is 23.8 Å². The Morgan fingerprint density at radius 1 is 0.743 bits per heavy atom. The lowest BCUT2D eigenvalue weighted by molar-refractivity contribution is 1.04. The van der Waals surface area contributed by atoms with Crippen LogP contribution in [0.25, 0.3) is 21.7 Å². The number of benzene rings is 2. The van der Waals surface area contributed by atoms with E-state index in [1.807, 2.05) is 18.3 Å². The monoisotopic (exact) mass is 463 g/mol. The van der Waals surface area contributed by atoms with Gasteiger partial charge in [0, 0.05) is 42.3 Å². The van der Waals surface area contributed by atoms with Crippen molar-refractivity contribution < 1.29 is 0 Å². The summed E-state index contributed by atoms with van der Waals surface area (Å²) >= 11 is 0. The average molecular weight is 464 g/mol. The predicted molar refractivity (Wildman–Crippen MR) is 144 cm³/mol. The van der Waals surface area contributed by atoms with Gasteiger partial charge in [0.25, 0.3) is 0 Å². The number of nitrogen functional groups attached to an aromatic ring is 1. The molecule has 0 spiro atoms. The topological polar surface area (TPSA) is 102 Å². The summed E-state index contributed by atoms with van der Waals surface area (Å²) in [5.41, 5.74) is 14.3. The first-order valence-electron chi connectivity index (χ1n) is 11.7. The number of nitrogens with zero attached hydrogens (tertiary/aromatic N) is 4. The van der Waals surface area contributed by atoms with E-state index in [4.69, 9.17) is 5.73 Å². The summed E-state index contributed by atoms with van der Waals surface area (Å²) < 4.78 is 0. The lowest BCUT2D eigenvalue weighted by Crippen LogP contribution is -2.08. The van der Waals surface area contributed by atoms with Gasteiger partial charge in [-0.15, -0.1) is 0 Å². The van der Waals surface area contributed by atoms with E-state index in [2.05, 4.69) is 82.5 Å². The van der Waals surface area contributed by atoms with Gasteiger partial charge in [0.15, 0.2) is 0 Å². The largest absolute Gasteiger partial charge is 0.383 e. The number of aryl methyl sites for hydroxylation is 4. The fourth-order valence-electron chi connectivity index (χ4n) is 4.46. The maximum atomic E-state index is 6.08. The normalized spacial score (nSPS) is 11.2. The quantitative estimate of drug-likeness (QED) is 0.301. The van der Waals surface area contributed by atoms with Crippen molar-refractivity contribution in [1.82, 2.24) is 19.9 Å². The summed E-state index contributed by atoms with van der Waals surface area (Å²) in [4.78, 5) is 17.6. The van der Waals surface area contributed by atoms with Crippen LogP contribution in [0.15, 0.2) is 55.1 Å². The van der Waals surface area contributed by atoms with Crippen molar-refractivity contribution >= 4 is 39.1 Å². The molecule has 0 bridgehead atoms. The van der Waals surface area contributed by atoms with Crippen LogP contribution in [-0.2, 0) is 13.1 Å². The molecule has 0 saturated carbocycles. The van der Waals surface area contributed by atoms with Crippen molar-refractivity contribution in [2.75, 3.05) is 16.4 Å². The second-order valence-corrected chi connectivity index (χ2v) is 9.06. The minimum absolute atomic E-state index is 0.562. The molecule has 5 rings (SSSR count). The first-order chi connectivity index (χ1) is 16.9. The van der Waals surface area contributed by atoms with Gasteiger partial charge in [-0.3, -0.25) is 4.98 Å². The van der Waals surface area contributed by atoms with Gasteiger partial charge in [-0.25, -0.2) is 15.0 Å². The standard InChI is InChI=1S/C28H29N7/c1-16-7-21-10-20(12-31-25(21)9-17(16)2)13-32-26-11-27(35-15-34-26)33-14-24-18(3)8-23-22(19(24)4)5-6-30-28(23)29/h5-12,15H,13-14H2,1-4H3,(H2,29,30)(H2,32,33,34,35). The minimum Gasteiger partial charge on any atom is -0.383 e. The first-order valence-corrected chi connectivity index (χ1v) is 11.7. The smallest absolute Gasteiger partial charge is 0.131 e. The Balaban J connectivity index is 1.29. The summed E-state index contributed by atoms with van der Waals surface area (Å²) in [5.74, 6) is 2.08. The van der Waals surface area contributed by atoms with Gasteiger partial charge < -0.3 is 16.4 Å². The molecule has 0 fully saturated rings. The summed E-state index contributed by atoms with van der Waals surface area (Å²) in [6, 6.07) is 12.5. The molecule has 2 aromatic carbocycles. The highest BCUT2D eigenvalue weighted by molar-refractivity contribution is 5.94. The van der Waals surface area contributed by atoms with Gasteiger partial charge in [-0.1, -0.05) is 0 Å². The number of aromatic nitrogens is 4. The van der Waals surface area contributed by atoms with Gasteiger partial charge in [-0.05, 0) is 96.8 Å². The molecular weight excluding hydrogens is 434 g/mol. The Labute approximate surface area is 204 Å². The lowest BCUT2D eigenvalue weighted by atomic mass is 9.96. The van der Waals surface area contributed by atoms with Crippen LogP contribution in [0.3, 0.4) is 0 Å². The van der Waals surface area contributed by atoms with Gasteiger partial charge >= 0.3 is 0 Å². The molecule has 0 amide bonds. The van der Waals surface area contributed by atoms with Crippen LogP contribution in [0.5, 0.6) is 0 Å². The third kappa shape index (κ3) is 4.57. The van der Waals surface area contributed by atoms with Crippen molar-refractivity contribution in [2.24, 2.45) is 0 Å². The predicted octanol–water partition coefficient (Wildman–Crippen LogP) is 5.61. The fraction of sp³-hybridized carbons (Fsp3) is 0.214. The molecule has 0 saturated heterocycles. The molecule has 4 N–H and O–H groups in total. The van der Waals surface area contributed by atoms with E-state index in [1.165, 1.54) is 27.8 Å². The van der Waals surface area contributed by atoms with Crippen LogP contribution >= 0.6 is 0 Å². The Kier molecular flexibility index (Phi) is 5.91. The van der Waals surface area contributed by atoms with Crippen molar-refractivity contribution in [3.63, 3.8) is 0 Å². The van der Waals surface area contributed by atoms with E-state index in [0.717, 1.165) is 38.9 Å². The maximum absolute atomic E-state index is 6.08. The Hall–Kier alpha value is -4.26. The summed E-state index contributed by atoms with van der Waals surface area (Å²) in [5, 5.41) is 10.1. The zero-order valence-corrected chi connectivity index (χ0v) is 20.5. The second kappa shape index (κ2) is 9.18. The molecule has 3 heterocycles. The van der Waals surface area contributed by atoms with E-state index < -0.39 is 0 Å². The Morgan fingerprint density at radius 2 is 1.49 bits per heavy atom. The second-order valence-electron chi connectivity index (χ2n) is 9.06. The zero-order valence-electron chi connectivity index (χ0n) is 20.5. The molecular formula is C28H29N7. The molecule has 0 atom stereocenters. The molecule has 35 heavy (non-hydrogen) atoms. The third-order valence-corrected chi connectivity index (χ3v) is 6.65. The number of hydrogen-bond acceptors (Lipinski definition) is 7. The van der Waals surface area contributed by atoms with E-state index in [-0.39, 0.29) is 0 Å². The summed E-state index contributed by atoms with van der Waals surface area (Å²) in [7, 11) is 0. The molecule has 5 aromatic rings. The average Bonchev–Trinajstić information content (AvgIpc) is 2.84. The summed E-state index contributed by atoms with van der Waals surface area (Å²) in [6.45, 7) is 9.75. The van der Waals surface area contributed by atoms with E-state index in [0.29, 0.717) is 18.9 Å². The van der Waals surface area contributed by atoms with Crippen molar-refractivity contribution in [3.05, 3.63) is 88.5 Å². The highest BCUT2D eigenvalue weighted by Crippen LogP contribution is 2.28. The summed E-state index contributed by atoms with van der Waals surface area (Å²) in [6.07, 6.45) is 5.24. The molecule has 0 radical (unpaired) electrons. The first kappa shape index (κ1) is 22.5. The molecule has 7 nitrogen and oxygen atoms in total. The Morgan fingerprint density at radius 3 is 2.29 bits per heavy atom. The van der Waals surface area contributed by atoms with Crippen LogP contribution in [0.1, 0.15) is 33.4 Å². The number of rotatable bonds is 6. The van der Waals surface area contributed by atoms with Crippen LogP contribution < -0.4 is 16.4 Å². The van der Waals surface area contributed by atoms with Crippen molar-refractivity contribution in [2.45, 2.75) is 40.8 Å². The van der Waals surface area contributed by atoms with Crippen LogP contribution in [0.2, 0.25) is 0 Å². The molecule has 7 heteroatoms. The number of nitrogens with two attached hydrogens (primary N) is 1. The van der Waals surface area contributed by atoms with E-state index >= 15 is 0 Å². The number of hydrogen-bond donors (Lipinski definition) is 3. The third-order valence-electron chi connectivity index (χ3n) is 6.65. The Bertz CT molecular complexity index is 1560. The molecule has 0 unspecified atom stereocenters. The van der Waals surface area contributed by atoms with Gasteiger partial charge in [0.05, 0.1) is 5.52 Å².